The van der Waals surface area contributed by atoms with Gasteiger partial charge in [-0.05, 0) is 42.5 Å². The minimum Gasteiger partial charge on any atom is -0.390 e. The Morgan fingerprint density at radius 2 is 2.11 bits per heavy atom. The topological polar surface area (TPSA) is 157 Å². The van der Waals surface area contributed by atoms with Crippen molar-refractivity contribution in [3.05, 3.63) is 74.9 Å². The van der Waals surface area contributed by atoms with Crippen LogP contribution in [0.5, 0.6) is 0 Å². The maximum absolute atomic E-state index is 13.6. The molecule has 5 N–H and O–H groups in total. The van der Waals surface area contributed by atoms with Crippen molar-refractivity contribution in [2.24, 2.45) is 11.1 Å². The number of aromatic nitrogens is 2. The Morgan fingerprint density at radius 1 is 1.30 bits per heavy atom. The van der Waals surface area contributed by atoms with Gasteiger partial charge in [-0.1, -0.05) is 24.3 Å². The van der Waals surface area contributed by atoms with E-state index < -0.39 is 35.4 Å². The maximum atomic E-state index is 13.6. The number of ether oxygens (including phenoxy) is 1. The van der Waals surface area contributed by atoms with Gasteiger partial charge in [-0.2, -0.15) is 0 Å². The van der Waals surface area contributed by atoms with Crippen LogP contribution < -0.4 is 10.5 Å². The normalized spacial score (nSPS) is 26.0. The van der Waals surface area contributed by atoms with Crippen molar-refractivity contribution in [2.75, 3.05) is 18.5 Å². The molecule has 2 aliphatic rings. The Balaban J connectivity index is 1.37. The minimum atomic E-state index is -1.97. The van der Waals surface area contributed by atoms with Crippen LogP contribution in [-0.2, 0) is 26.6 Å². The first kappa shape index (κ1) is 26.0. The van der Waals surface area contributed by atoms with Gasteiger partial charge in [-0.25, -0.2) is 19.3 Å². The molecule has 12 heteroatoms. The highest BCUT2D eigenvalue weighted by atomic mass is 32.2. The Hall–Kier alpha value is -2.58. The molecule has 2 unspecified atom stereocenters. The van der Waals surface area contributed by atoms with Crippen LogP contribution in [0, 0.1) is 12.8 Å². The summed E-state index contributed by atoms with van der Waals surface area (Å²) < 4.78 is 22.1. The van der Waals surface area contributed by atoms with Gasteiger partial charge in [0.1, 0.15) is 24.4 Å². The van der Waals surface area contributed by atoms with Crippen LogP contribution in [0.15, 0.2) is 42.9 Å². The highest BCUT2D eigenvalue weighted by molar-refractivity contribution is 7.77. The van der Waals surface area contributed by atoms with Gasteiger partial charge in [0.2, 0.25) is 17.0 Å². The summed E-state index contributed by atoms with van der Waals surface area (Å²) in [6, 6.07) is 9.46. The van der Waals surface area contributed by atoms with Crippen molar-refractivity contribution in [3.63, 3.8) is 0 Å². The molecule has 3 aromatic rings. The Kier molecular flexibility index (Phi) is 7.77. The number of ketones is 1. The fourth-order valence-electron chi connectivity index (χ4n) is 5.03. The molecule has 2 aromatic heterocycles. The third kappa shape index (κ3) is 5.36. The number of rotatable bonds is 8. The summed E-state index contributed by atoms with van der Waals surface area (Å²) >= 11 is -0.580. The Morgan fingerprint density at radius 3 is 2.92 bits per heavy atom. The van der Waals surface area contributed by atoms with Gasteiger partial charge in [0.05, 0.1) is 35.8 Å². The van der Waals surface area contributed by atoms with E-state index >= 15 is 0 Å². The second kappa shape index (κ2) is 11.0. The summed E-state index contributed by atoms with van der Waals surface area (Å²) in [4.78, 5) is 23.4. The second-order valence-corrected chi connectivity index (χ2v) is 11.2. The molecule has 1 saturated carbocycles. The number of aryl methyl sites for hydroxylation is 1. The molecule has 0 bridgehead atoms. The number of anilines is 1. The summed E-state index contributed by atoms with van der Waals surface area (Å²) in [6.07, 6.45) is 1.43. The first-order chi connectivity index (χ1) is 17.8. The van der Waals surface area contributed by atoms with E-state index in [4.69, 9.17) is 14.1 Å². The van der Waals surface area contributed by atoms with Gasteiger partial charge in [-0.3, -0.25) is 8.98 Å². The minimum absolute atomic E-state index is 0.0707. The van der Waals surface area contributed by atoms with Crippen LogP contribution in [0.25, 0.3) is 0 Å². The summed E-state index contributed by atoms with van der Waals surface area (Å²) in [6.45, 7) is 2.52. The van der Waals surface area contributed by atoms with Crippen molar-refractivity contribution in [3.8, 4) is 0 Å². The van der Waals surface area contributed by atoms with Crippen molar-refractivity contribution in [2.45, 2.75) is 44.1 Å². The predicted octanol–water partition coefficient (Wildman–Crippen LogP) is 1.82. The van der Waals surface area contributed by atoms with Crippen molar-refractivity contribution >= 4 is 34.2 Å². The van der Waals surface area contributed by atoms with Gasteiger partial charge in [0, 0.05) is 17.0 Å². The van der Waals surface area contributed by atoms with E-state index in [-0.39, 0.29) is 29.9 Å². The summed E-state index contributed by atoms with van der Waals surface area (Å²) in [5.41, 5.74) is 3.58. The number of aliphatic hydroxyl groups is 2. The SMILES string of the molecule is Cc1sc(C(=O)c2cncnc2N[C@@H]2C[C@H](COS(N)=O)[C@@H](O)[C@H]2O)cc1C1OCCc2ccccc21. The number of thiophene rings is 1. The van der Waals surface area contributed by atoms with Gasteiger partial charge in [0.25, 0.3) is 0 Å². The van der Waals surface area contributed by atoms with Crippen LogP contribution in [0.3, 0.4) is 0 Å². The van der Waals surface area contributed by atoms with Gasteiger partial charge in [-0.15, -0.1) is 11.3 Å². The van der Waals surface area contributed by atoms with E-state index in [1.165, 1.54) is 29.4 Å². The lowest BCUT2D eigenvalue weighted by Gasteiger charge is -2.26. The molecule has 1 aliphatic carbocycles. The number of fused-ring (bicyclic) bond motifs is 1. The number of benzene rings is 1. The summed E-state index contributed by atoms with van der Waals surface area (Å²) in [5.74, 6) is -0.480. The predicted molar refractivity (Wildman–Crippen MR) is 138 cm³/mol. The lowest BCUT2D eigenvalue weighted by molar-refractivity contribution is 0.00835. The molecular formula is C25H28N4O6S2. The lowest BCUT2D eigenvalue weighted by atomic mass is 9.93. The summed E-state index contributed by atoms with van der Waals surface area (Å²) in [5, 5.41) is 29.2. The van der Waals surface area contributed by atoms with Crippen molar-refractivity contribution in [1.29, 1.82) is 0 Å². The first-order valence-corrected chi connectivity index (χ1v) is 13.9. The maximum Gasteiger partial charge on any atom is 0.231 e. The monoisotopic (exact) mass is 544 g/mol. The zero-order chi connectivity index (χ0) is 26.1. The Bertz CT molecular complexity index is 1320. The number of carbonyl (C=O) groups excluding carboxylic acids is 1. The van der Waals surface area contributed by atoms with Crippen LogP contribution in [0.2, 0.25) is 0 Å². The first-order valence-electron chi connectivity index (χ1n) is 11.9. The van der Waals surface area contributed by atoms with Crippen LogP contribution in [0.1, 0.15) is 49.3 Å². The number of nitrogens with one attached hydrogen (secondary N) is 1. The molecule has 0 saturated heterocycles. The molecule has 10 nitrogen and oxygen atoms in total. The zero-order valence-corrected chi connectivity index (χ0v) is 21.7. The molecule has 1 aliphatic heterocycles. The molecular weight excluding hydrogens is 516 g/mol. The number of aliphatic hydroxyl groups excluding tert-OH is 2. The fraction of sp³-hybridized carbons (Fsp3) is 0.400. The van der Waals surface area contributed by atoms with Gasteiger partial charge >= 0.3 is 0 Å². The number of hydrogen-bond donors (Lipinski definition) is 4. The van der Waals surface area contributed by atoms with E-state index in [1.807, 2.05) is 25.1 Å². The second-order valence-electron chi connectivity index (χ2n) is 9.21. The van der Waals surface area contributed by atoms with Crippen molar-refractivity contribution < 1.29 is 28.1 Å². The number of nitrogens with zero attached hydrogens (tertiary/aromatic N) is 2. The average Bonchev–Trinajstić information content (AvgIpc) is 3.41. The Labute approximate surface area is 220 Å². The molecule has 5 rings (SSSR count). The molecule has 0 spiro atoms. The number of nitrogens with two attached hydrogens (primary N) is 1. The molecule has 0 radical (unpaired) electrons. The van der Waals surface area contributed by atoms with E-state index in [1.54, 1.807) is 0 Å². The smallest absolute Gasteiger partial charge is 0.231 e. The fourth-order valence-corrected chi connectivity index (χ4v) is 6.34. The van der Waals surface area contributed by atoms with Crippen LogP contribution >= 0.6 is 11.3 Å². The van der Waals surface area contributed by atoms with E-state index in [2.05, 4.69) is 27.4 Å². The number of hydrogen-bond acceptors (Lipinski definition) is 10. The zero-order valence-electron chi connectivity index (χ0n) is 20.1. The molecule has 1 aromatic carbocycles. The third-order valence-electron chi connectivity index (χ3n) is 6.94. The van der Waals surface area contributed by atoms with Crippen LogP contribution in [0.4, 0.5) is 5.82 Å². The van der Waals surface area contributed by atoms with Crippen LogP contribution in [-0.4, -0.2) is 61.6 Å². The molecule has 1 fully saturated rings. The van der Waals surface area contributed by atoms with E-state index in [0.717, 1.165) is 22.4 Å². The summed E-state index contributed by atoms with van der Waals surface area (Å²) in [7, 11) is 0. The lowest BCUT2D eigenvalue weighted by Crippen LogP contribution is -2.36. The van der Waals surface area contributed by atoms with E-state index in [9.17, 15) is 19.2 Å². The molecule has 0 amide bonds. The number of carbonyl (C=O) groups is 1. The van der Waals surface area contributed by atoms with Gasteiger partial charge < -0.3 is 20.3 Å². The average molecular weight is 545 g/mol. The third-order valence-corrected chi connectivity index (χ3v) is 8.37. The molecule has 3 heterocycles. The quantitative estimate of drug-likeness (QED) is 0.311. The molecule has 37 heavy (non-hydrogen) atoms. The molecule has 196 valence electrons. The standard InChI is InChI=1S/C25H28N4O6S2/c1-13-17(24-16-5-3-2-4-14(16)6-7-34-24)9-20(36-13)22(31)18-10-27-12-28-25(18)29-19-8-15(11-35-37(26)33)21(30)23(19)32/h2-5,9-10,12,15,19,21,23-24,30,32H,6-8,11,26H2,1H3,(H,27,28,29)/t15-,19-,21-,23+,24?,37?/m1/s1. The largest absolute Gasteiger partial charge is 0.390 e. The highest BCUT2D eigenvalue weighted by Gasteiger charge is 2.42. The van der Waals surface area contributed by atoms with E-state index in [0.29, 0.717) is 17.9 Å². The highest BCUT2D eigenvalue weighted by Crippen LogP contribution is 2.38. The van der Waals surface area contributed by atoms with Crippen molar-refractivity contribution in [1.82, 2.24) is 9.97 Å². The van der Waals surface area contributed by atoms with Gasteiger partial charge in [0.15, 0.2) is 0 Å². The molecule has 6 atom stereocenters.